The monoisotopic (exact) mass is 196 g/mol. The van der Waals surface area contributed by atoms with Gasteiger partial charge in [0.05, 0.1) is 0 Å². The molecule has 0 aliphatic heterocycles. The lowest BCUT2D eigenvalue weighted by Gasteiger charge is -2.34. The minimum atomic E-state index is -1.33. The summed E-state index contributed by atoms with van der Waals surface area (Å²) >= 11 is 0. The second-order valence-electron chi connectivity index (χ2n) is 3.50. The number of rotatable bonds is 0. The van der Waals surface area contributed by atoms with E-state index in [1.165, 1.54) is 0 Å². The zero-order chi connectivity index (χ0) is 10.3. The number of aliphatic hydroxyl groups is 4. The largest absolute Gasteiger partial charge is 0.387 e. The van der Waals surface area contributed by atoms with Crippen LogP contribution in [0.25, 0.3) is 0 Å². The van der Waals surface area contributed by atoms with E-state index < -0.39 is 24.4 Å². The third kappa shape index (κ3) is 1.24. The van der Waals surface area contributed by atoms with Crippen molar-refractivity contribution in [3.8, 4) is 0 Å². The highest BCUT2D eigenvalue weighted by Gasteiger charge is 2.39. The molecule has 0 saturated carbocycles. The summed E-state index contributed by atoms with van der Waals surface area (Å²) in [5, 5.41) is 38.0. The Morgan fingerprint density at radius 1 is 0.714 bits per heavy atom. The van der Waals surface area contributed by atoms with Crippen molar-refractivity contribution in [3.63, 3.8) is 0 Å². The molecule has 4 atom stereocenters. The maximum atomic E-state index is 9.60. The maximum Gasteiger partial charge on any atom is 0.113 e. The highest BCUT2D eigenvalue weighted by Crippen LogP contribution is 2.36. The van der Waals surface area contributed by atoms with Crippen molar-refractivity contribution < 1.29 is 20.4 Å². The Kier molecular flexibility index (Phi) is 2.28. The molecule has 0 bridgehead atoms. The lowest BCUT2D eigenvalue weighted by molar-refractivity contribution is -0.120. The van der Waals surface area contributed by atoms with Crippen molar-refractivity contribution in [2.24, 2.45) is 0 Å². The Morgan fingerprint density at radius 3 is 1.43 bits per heavy atom. The number of benzene rings is 1. The van der Waals surface area contributed by atoms with Crippen LogP contribution in [0.15, 0.2) is 24.3 Å². The minimum Gasteiger partial charge on any atom is -0.387 e. The van der Waals surface area contributed by atoms with Gasteiger partial charge in [0, 0.05) is 0 Å². The number of hydrogen-bond donors (Lipinski definition) is 4. The van der Waals surface area contributed by atoms with Gasteiger partial charge in [0.25, 0.3) is 0 Å². The molecule has 1 aliphatic rings. The SMILES string of the molecule is O[C@H]1[C@H](O)[C@@H](O)c2ccccc2[C@@H]1O. The van der Waals surface area contributed by atoms with E-state index in [-0.39, 0.29) is 0 Å². The summed E-state index contributed by atoms with van der Waals surface area (Å²) in [5.41, 5.74) is 0.940. The second kappa shape index (κ2) is 3.33. The van der Waals surface area contributed by atoms with E-state index in [1.807, 2.05) is 0 Å². The van der Waals surface area contributed by atoms with Gasteiger partial charge in [-0.3, -0.25) is 0 Å². The Morgan fingerprint density at radius 2 is 1.07 bits per heavy atom. The van der Waals surface area contributed by atoms with Crippen LogP contribution in [0.4, 0.5) is 0 Å². The van der Waals surface area contributed by atoms with Crippen LogP contribution in [0.1, 0.15) is 23.3 Å². The fourth-order valence-electron chi connectivity index (χ4n) is 1.79. The van der Waals surface area contributed by atoms with Gasteiger partial charge >= 0.3 is 0 Å². The number of aliphatic hydroxyl groups excluding tert-OH is 4. The first-order chi connectivity index (χ1) is 6.63. The topological polar surface area (TPSA) is 80.9 Å². The first-order valence-corrected chi connectivity index (χ1v) is 4.44. The van der Waals surface area contributed by atoms with Crippen molar-refractivity contribution in [2.75, 3.05) is 0 Å². The Labute approximate surface area is 81.1 Å². The first-order valence-electron chi connectivity index (χ1n) is 4.44. The molecule has 0 unspecified atom stereocenters. The van der Waals surface area contributed by atoms with Gasteiger partial charge in [-0.25, -0.2) is 0 Å². The molecule has 14 heavy (non-hydrogen) atoms. The molecule has 4 N–H and O–H groups in total. The van der Waals surface area contributed by atoms with Crippen LogP contribution in [-0.4, -0.2) is 32.6 Å². The van der Waals surface area contributed by atoms with E-state index in [0.717, 1.165) is 0 Å². The molecule has 2 rings (SSSR count). The highest BCUT2D eigenvalue weighted by molar-refractivity contribution is 5.35. The third-order valence-electron chi connectivity index (χ3n) is 2.63. The Balaban J connectivity index is 2.51. The second-order valence-corrected chi connectivity index (χ2v) is 3.50. The third-order valence-corrected chi connectivity index (χ3v) is 2.63. The molecule has 0 amide bonds. The predicted molar refractivity (Wildman–Crippen MR) is 48.4 cm³/mol. The fraction of sp³-hybridized carbons (Fsp3) is 0.400. The molecule has 1 aliphatic carbocycles. The average Bonchev–Trinajstić information content (AvgIpc) is 2.23. The predicted octanol–water partition coefficient (Wildman–Crippen LogP) is -0.511. The summed E-state index contributed by atoms with van der Waals surface area (Å²) < 4.78 is 0. The summed E-state index contributed by atoms with van der Waals surface area (Å²) in [4.78, 5) is 0. The van der Waals surface area contributed by atoms with Crippen molar-refractivity contribution in [2.45, 2.75) is 24.4 Å². The van der Waals surface area contributed by atoms with Crippen LogP contribution in [0.2, 0.25) is 0 Å². The van der Waals surface area contributed by atoms with Gasteiger partial charge in [0.1, 0.15) is 24.4 Å². The normalized spacial score (nSPS) is 36.6. The van der Waals surface area contributed by atoms with E-state index in [1.54, 1.807) is 24.3 Å². The lowest BCUT2D eigenvalue weighted by atomic mass is 9.83. The van der Waals surface area contributed by atoms with Crippen LogP contribution in [0, 0.1) is 0 Å². The summed E-state index contributed by atoms with van der Waals surface area (Å²) in [6, 6.07) is 6.66. The van der Waals surface area contributed by atoms with Crippen molar-refractivity contribution >= 4 is 0 Å². The summed E-state index contributed by atoms with van der Waals surface area (Å²) in [6.07, 6.45) is -4.94. The van der Waals surface area contributed by atoms with Crippen LogP contribution in [-0.2, 0) is 0 Å². The summed E-state index contributed by atoms with van der Waals surface area (Å²) in [7, 11) is 0. The van der Waals surface area contributed by atoms with Gasteiger partial charge in [0.15, 0.2) is 0 Å². The highest BCUT2D eigenvalue weighted by atomic mass is 16.4. The lowest BCUT2D eigenvalue weighted by Crippen LogP contribution is -2.41. The van der Waals surface area contributed by atoms with E-state index in [0.29, 0.717) is 11.1 Å². The molecule has 1 aromatic rings. The van der Waals surface area contributed by atoms with E-state index >= 15 is 0 Å². The molecule has 0 spiro atoms. The molecule has 0 heterocycles. The van der Waals surface area contributed by atoms with E-state index in [4.69, 9.17) is 0 Å². The molecule has 4 heteroatoms. The van der Waals surface area contributed by atoms with Crippen molar-refractivity contribution in [3.05, 3.63) is 35.4 Å². The van der Waals surface area contributed by atoms with Crippen LogP contribution >= 0.6 is 0 Å². The average molecular weight is 196 g/mol. The van der Waals surface area contributed by atoms with Gasteiger partial charge in [-0.15, -0.1) is 0 Å². The zero-order valence-electron chi connectivity index (χ0n) is 7.41. The maximum absolute atomic E-state index is 9.60. The number of fused-ring (bicyclic) bond motifs is 1. The minimum absolute atomic E-state index is 0.470. The molecule has 0 radical (unpaired) electrons. The molecule has 76 valence electrons. The molecule has 4 nitrogen and oxygen atoms in total. The summed E-state index contributed by atoms with van der Waals surface area (Å²) in [6.45, 7) is 0. The van der Waals surface area contributed by atoms with Gasteiger partial charge in [0.2, 0.25) is 0 Å². The molecule has 0 aromatic heterocycles. The van der Waals surface area contributed by atoms with Gasteiger partial charge in [-0.2, -0.15) is 0 Å². The number of hydrogen-bond acceptors (Lipinski definition) is 4. The van der Waals surface area contributed by atoms with Crippen molar-refractivity contribution in [1.82, 2.24) is 0 Å². The Hall–Kier alpha value is -0.940. The molecule has 1 aromatic carbocycles. The van der Waals surface area contributed by atoms with Gasteiger partial charge in [-0.1, -0.05) is 24.3 Å². The van der Waals surface area contributed by atoms with Gasteiger partial charge in [-0.05, 0) is 11.1 Å². The molecule has 0 fully saturated rings. The van der Waals surface area contributed by atoms with Gasteiger partial charge < -0.3 is 20.4 Å². The summed E-state index contributed by atoms with van der Waals surface area (Å²) in [5.74, 6) is 0. The standard InChI is InChI=1S/C10H12O4/c11-7-5-3-1-2-4-6(5)8(12)10(14)9(7)13/h1-4,7-14H/t7-,8-,9+,10+/m0/s1. The first kappa shape index (κ1) is 9.61. The Bertz CT molecular complexity index is 306. The van der Waals surface area contributed by atoms with Crippen LogP contribution in [0.3, 0.4) is 0 Å². The molecule has 0 saturated heterocycles. The van der Waals surface area contributed by atoms with Crippen LogP contribution in [0.5, 0.6) is 0 Å². The van der Waals surface area contributed by atoms with E-state index in [9.17, 15) is 20.4 Å². The zero-order valence-corrected chi connectivity index (χ0v) is 7.41. The van der Waals surface area contributed by atoms with E-state index in [2.05, 4.69) is 0 Å². The smallest absolute Gasteiger partial charge is 0.113 e. The fourth-order valence-corrected chi connectivity index (χ4v) is 1.79. The van der Waals surface area contributed by atoms with Crippen molar-refractivity contribution in [1.29, 1.82) is 0 Å². The molecular weight excluding hydrogens is 184 g/mol. The quantitative estimate of drug-likeness (QED) is 0.450. The molecular formula is C10H12O4. The van der Waals surface area contributed by atoms with Crippen LogP contribution < -0.4 is 0 Å².